The maximum absolute atomic E-state index is 4.22. The van der Waals surface area contributed by atoms with Crippen LogP contribution in [0, 0.1) is 0 Å². The van der Waals surface area contributed by atoms with Gasteiger partial charge in [-0.2, -0.15) is 11.3 Å². The number of nitrogens with one attached hydrogen (secondary N) is 1. The number of hydrogen-bond donors (Lipinski definition) is 1. The molecule has 0 bridgehead atoms. The molecule has 2 aromatic heterocycles. The third-order valence-corrected chi connectivity index (χ3v) is 2.53. The Morgan fingerprint density at radius 3 is 3.07 bits per heavy atom. The molecule has 0 aromatic carbocycles. The zero-order valence-corrected chi connectivity index (χ0v) is 8.71. The van der Waals surface area contributed by atoms with E-state index in [0.29, 0.717) is 0 Å². The summed E-state index contributed by atoms with van der Waals surface area (Å²) in [6.07, 6.45) is 1.59. The molecule has 0 unspecified atom stereocenters. The smallest absolute Gasteiger partial charge is 0.129 e. The lowest BCUT2D eigenvalue weighted by atomic mass is 10.2. The van der Waals surface area contributed by atoms with Crippen LogP contribution in [0.1, 0.15) is 6.92 Å². The summed E-state index contributed by atoms with van der Waals surface area (Å²) in [6, 6.07) is 4.02. The van der Waals surface area contributed by atoms with Crippen molar-refractivity contribution in [2.24, 2.45) is 0 Å². The fourth-order valence-corrected chi connectivity index (χ4v) is 1.85. The number of rotatable bonds is 3. The molecule has 2 aromatic rings. The average Bonchev–Trinajstić information content (AvgIpc) is 2.71. The summed E-state index contributed by atoms with van der Waals surface area (Å²) < 4.78 is 0. The SMILES string of the molecule is CCNc1cc(-c2ccsc2)ncn1. The minimum absolute atomic E-state index is 0.875. The van der Waals surface area contributed by atoms with E-state index in [1.807, 2.05) is 18.4 Å². The first kappa shape index (κ1) is 9.15. The Labute approximate surface area is 86.8 Å². The highest BCUT2D eigenvalue weighted by molar-refractivity contribution is 7.08. The van der Waals surface area contributed by atoms with Crippen molar-refractivity contribution in [1.29, 1.82) is 0 Å². The number of aromatic nitrogens is 2. The van der Waals surface area contributed by atoms with E-state index in [-0.39, 0.29) is 0 Å². The molecule has 4 heteroatoms. The summed E-state index contributed by atoms with van der Waals surface area (Å²) in [6.45, 7) is 2.92. The summed E-state index contributed by atoms with van der Waals surface area (Å²) in [5.74, 6) is 0.878. The second-order valence-electron chi connectivity index (χ2n) is 2.83. The summed E-state index contributed by atoms with van der Waals surface area (Å²) >= 11 is 1.67. The van der Waals surface area contributed by atoms with Crippen LogP contribution in [-0.2, 0) is 0 Å². The molecule has 0 saturated carbocycles. The van der Waals surface area contributed by atoms with Crippen molar-refractivity contribution in [3.8, 4) is 11.3 Å². The zero-order valence-electron chi connectivity index (χ0n) is 7.90. The van der Waals surface area contributed by atoms with Gasteiger partial charge in [-0.25, -0.2) is 9.97 Å². The van der Waals surface area contributed by atoms with Crippen LogP contribution in [0.25, 0.3) is 11.3 Å². The summed E-state index contributed by atoms with van der Waals surface area (Å²) in [5.41, 5.74) is 2.12. The quantitative estimate of drug-likeness (QED) is 0.837. The van der Waals surface area contributed by atoms with Gasteiger partial charge in [-0.3, -0.25) is 0 Å². The van der Waals surface area contributed by atoms with Crippen molar-refractivity contribution in [3.05, 3.63) is 29.2 Å². The Kier molecular flexibility index (Phi) is 2.74. The van der Waals surface area contributed by atoms with Crippen LogP contribution < -0.4 is 5.32 Å². The Balaban J connectivity index is 2.31. The van der Waals surface area contributed by atoms with Gasteiger partial charge in [0.25, 0.3) is 0 Å². The lowest BCUT2D eigenvalue weighted by Crippen LogP contribution is -1.99. The third-order valence-electron chi connectivity index (χ3n) is 1.84. The normalized spacial score (nSPS) is 10.1. The monoisotopic (exact) mass is 205 g/mol. The van der Waals surface area contributed by atoms with E-state index in [2.05, 4.69) is 26.7 Å². The molecule has 0 saturated heterocycles. The Morgan fingerprint density at radius 2 is 2.36 bits per heavy atom. The predicted octanol–water partition coefficient (Wildman–Crippen LogP) is 2.64. The maximum Gasteiger partial charge on any atom is 0.129 e. The van der Waals surface area contributed by atoms with Crippen molar-refractivity contribution in [2.75, 3.05) is 11.9 Å². The van der Waals surface area contributed by atoms with Gasteiger partial charge in [-0.15, -0.1) is 0 Å². The molecule has 0 aliphatic heterocycles. The van der Waals surface area contributed by atoms with Gasteiger partial charge in [-0.05, 0) is 18.4 Å². The van der Waals surface area contributed by atoms with Crippen molar-refractivity contribution < 1.29 is 0 Å². The van der Waals surface area contributed by atoms with E-state index in [9.17, 15) is 0 Å². The lowest BCUT2D eigenvalue weighted by molar-refractivity contribution is 1.11. The van der Waals surface area contributed by atoms with Gasteiger partial charge < -0.3 is 5.32 Å². The minimum atomic E-state index is 0.875. The molecule has 0 radical (unpaired) electrons. The van der Waals surface area contributed by atoms with Crippen molar-refractivity contribution >= 4 is 17.2 Å². The van der Waals surface area contributed by atoms with Crippen LogP contribution in [0.4, 0.5) is 5.82 Å². The van der Waals surface area contributed by atoms with Crippen molar-refractivity contribution in [1.82, 2.24) is 9.97 Å². The zero-order chi connectivity index (χ0) is 9.80. The Hall–Kier alpha value is -1.42. The molecule has 0 atom stereocenters. The molecule has 1 N–H and O–H groups in total. The molecule has 2 rings (SSSR count). The summed E-state index contributed by atoms with van der Waals surface area (Å²) in [5, 5.41) is 7.29. The van der Waals surface area contributed by atoms with Gasteiger partial charge in [0.2, 0.25) is 0 Å². The third kappa shape index (κ3) is 1.90. The topological polar surface area (TPSA) is 37.8 Å². The highest BCUT2D eigenvalue weighted by Crippen LogP contribution is 2.20. The van der Waals surface area contributed by atoms with Gasteiger partial charge in [-0.1, -0.05) is 0 Å². The second kappa shape index (κ2) is 4.19. The molecular weight excluding hydrogens is 194 g/mol. The van der Waals surface area contributed by atoms with E-state index in [1.165, 1.54) is 0 Å². The number of hydrogen-bond acceptors (Lipinski definition) is 4. The first-order valence-corrected chi connectivity index (χ1v) is 5.43. The molecule has 3 nitrogen and oxygen atoms in total. The highest BCUT2D eigenvalue weighted by atomic mass is 32.1. The molecule has 0 aliphatic carbocycles. The van der Waals surface area contributed by atoms with E-state index in [0.717, 1.165) is 23.6 Å². The first-order chi connectivity index (χ1) is 6.90. The van der Waals surface area contributed by atoms with Crippen molar-refractivity contribution in [2.45, 2.75) is 6.92 Å². The van der Waals surface area contributed by atoms with Gasteiger partial charge >= 0.3 is 0 Å². The molecule has 72 valence electrons. The molecule has 2 heterocycles. The number of anilines is 1. The average molecular weight is 205 g/mol. The van der Waals surface area contributed by atoms with Crippen LogP contribution in [0.3, 0.4) is 0 Å². The first-order valence-electron chi connectivity index (χ1n) is 4.48. The summed E-state index contributed by atoms with van der Waals surface area (Å²) in [7, 11) is 0. The fourth-order valence-electron chi connectivity index (χ4n) is 1.20. The van der Waals surface area contributed by atoms with Crippen LogP contribution >= 0.6 is 11.3 Å². The van der Waals surface area contributed by atoms with Gasteiger partial charge in [0.1, 0.15) is 12.1 Å². The second-order valence-corrected chi connectivity index (χ2v) is 3.61. The van der Waals surface area contributed by atoms with Crippen LogP contribution in [-0.4, -0.2) is 16.5 Å². The van der Waals surface area contributed by atoms with E-state index >= 15 is 0 Å². The Bertz CT molecular complexity index is 398. The number of thiophene rings is 1. The van der Waals surface area contributed by atoms with Gasteiger partial charge in [0.05, 0.1) is 5.69 Å². The maximum atomic E-state index is 4.22. The van der Waals surface area contributed by atoms with Gasteiger partial charge in [0.15, 0.2) is 0 Å². The van der Waals surface area contributed by atoms with E-state index in [1.54, 1.807) is 17.7 Å². The number of nitrogens with zero attached hydrogens (tertiary/aromatic N) is 2. The molecule has 0 spiro atoms. The predicted molar refractivity (Wildman–Crippen MR) is 59.5 cm³/mol. The highest BCUT2D eigenvalue weighted by Gasteiger charge is 2.00. The van der Waals surface area contributed by atoms with Gasteiger partial charge in [0, 0.05) is 23.6 Å². The van der Waals surface area contributed by atoms with E-state index < -0.39 is 0 Å². The molecule has 14 heavy (non-hydrogen) atoms. The molecular formula is C10H11N3S. The van der Waals surface area contributed by atoms with E-state index in [4.69, 9.17) is 0 Å². The van der Waals surface area contributed by atoms with Crippen molar-refractivity contribution in [3.63, 3.8) is 0 Å². The Morgan fingerprint density at radius 1 is 1.43 bits per heavy atom. The standard InChI is InChI=1S/C10H11N3S/c1-2-11-10-5-9(12-7-13-10)8-3-4-14-6-8/h3-7H,2H2,1H3,(H,11,12,13). The summed E-state index contributed by atoms with van der Waals surface area (Å²) in [4.78, 5) is 8.34. The van der Waals surface area contributed by atoms with Crippen LogP contribution in [0.15, 0.2) is 29.2 Å². The molecule has 0 amide bonds. The molecule has 0 fully saturated rings. The van der Waals surface area contributed by atoms with Crippen LogP contribution in [0.2, 0.25) is 0 Å². The fraction of sp³-hybridized carbons (Fsp3) is 0.200. The minimum Gasteiger partial charge on any atom is -0.370 e. The molecule has 0 aliphatic rings. The largest absolute Gasteiger partial charge is 0.370 e. The van der Waals surface area contributed by atoms with Crippen LogP contribution in [0.5, 0.6) is 0 Å². The lowest BCUT2D eigenvalue weighted by Gasteiger charge is -2.02.